The highest BCUT2D eigenvalue weighted by molar-refractivity contribution is 5.76. The fourth-order valence-corrected chi connectivity index (χ4v) is 7.04. The van der Waals surface area contributed by atoms with Crippen LogP contribution in [0.5, 0.6) is 11.5 Å². The van der Waals surface area contributed by atoms with Crippen molar-refractivity contribution in [3.8, 4) is 11.5 Å². The summed E-state index contributed by atoms with van der Waals surface area (Å²) in [5, 5.41) is 15.9. The molecule has 1 aliphatic carbocycles. The zero-order valence-corrected chi connectivity index (χ0v) is 25.2. The van der Waals surface area contributed by atoms with E-state index in [1.165, 1.54) is 32.1 Å². The number of hydrogen-bond donors (Lipinski definition) is 2. The Morgan fingerprint density at radius 3 is 2.71 bits per heavy atom. The molecule has 2 aromatic rings. The number of para-hydroxylation sites is 1. The number of nitrogens with zero attached hydrogens (tertiary/aromatic N) is 2. The van der Waals surface area contributed by atoms with Crippen molar-refractivity contribution in [1.29, 1.82) is 0 Å². The van der Waals surface area contributed by atoms with Crippen LogP contribution >= 0.6 is 0 Å². The summed E-state index contributed by atoms with van der Waals surface area (Å²) < 4.78 is 11.6. The van der Waals surface area contributed by atoms with Crippen LogP contribution in [0.25, 0.3) is 0 Å². The van der Waals surface area contributed by atoms with Gasteiger partial charge in [0.2, 0.25) is 5.91 Å². The van der Waals surface area contributed by atoms with Gasteiger partial charge in [-0.1, -0.05) is 50.3 Å². The zero-order chi connectivity index (χ0) is 28.9. The molecular formula is C34H51N3O4. The molecular weight excluding hydrogens is 514 g/mol. The van der Waals surface area contributed by atoms with Crippen molar-refractivity contribution < 1.29 is 19.4 Å². The number of carbonyl (C=O) groups excluding carboxylic acids is 1. The molecule has 0 radical (unpaired) electrons. The van der Waals surface area contributed by atoms with E-state index in [9.17, 15) is 9.90 Å². The van der Waals surface area contributed by atoms with Crippen LogP contribution in [-0.2, 0) is 15.1 Å². The van der Waals surface area contributed by atoms with Crippen molar-refractivity contribution in [2.45, 2.75) is 82.7 Å². The van der Waals surface area contributed by atoms with Crippen LogP contribution in [0.1, 0.15) is 82.6 Å². The first-order valence-corrected chi connectivity index (χ1v) is 15.8. The minimum Gasteiger partial charge on any atom is -0.455 e. The lowest BCUT2D eigenvalue weighted by molar-refractivity contribution is -0.138. The van der Waals surface area contributed by atoms with E-state index in [0.29, 0.717) is 43.4 Å². The topological polar surface area (TPSA) is 83.9 Å². The molecule has 4 rings (SSSR count). The fraction of sp³-hybridized carbons (Fsp3) is 0.647. The van der Waals surface area contributed by atoms with Gasteiger partial charge in [0.1, 0.15) is 11.5 Å². The summed E-state index contributed by atoms with van der Waals surface area (Å²) in [7, 11) is 3.70. The molecule has 1 saturated carbocycles. The van der Waals surface area contributed by atoms with Gasteiger partial charge in [0.25, 0.3) is 0 Å². The largest absolute Gasteiger partial charge is 0.455 e. The van der Waals surface area contributed by atoms with E-state index in [1.807, 2.05) is 48.3 Å². The van der Waals surface area contributed by atoms with Crippen molar-refractivity contribution in [1.82, 2.24) is 15.2 Å². The van der Waals surface area contributed by atoms with Crippen LogP contribution in [0.3, 0.4) is 0 Å². The van der Waals surface area contributed by atoms with E-state index in [4.69, 9.17) is 9.47 Å². The Bertz CT molecular complexity index is 1050. The Kier molecular flexibility index (Phi) is 12.5. The van der Waals surface area contributed by atoms with E-state index in [1.54, 1.807) is 19.5 Å². The zero-order valence-electron chi connectivity index (χ0n) is 25.2. The van der Waals surface area contributed by atoms with Crippen molar-refractivity contribution in [2.75, 3.05) is 40.4 Å². The van der Waals surface area contributed by atoms with Crippen LogP contribution in [0.4, 0.5) is 0 Å². The fourth-order valence-electron chi connectivity index (χ4n) is 7.04. The molecule has 41 heavy (non-hydrogen) atoms. The highest BCUT2D eigenvalue weighted by Gasteiger charge is 2.43. The highest BCUT2D eigenvalue weighted by atomic mass is 16.5. The van der Waals surface area contributed by atoms with Gasteiger partial charge in [-0.2, -0.15) is 0 Å². The van der Waals surface area contributed by atoms with Crippen LogP contribution in [0.15, 0.2) is 48.8 Å². The van der Waals surface area contributed by atoms with Gasteiger partial charge in [0, 0.05) is 50.9 Å². The maximum absolute atomic E-state index is 13.7. The van der Waals surface area contributed by atoms with Crippen LogP contribution in [0.2, 0.25) is 0 Å². The number of likely N-dealkylation sites (tertiary alicyclic amines) is 1. The van der Waals surface area contributed by atoms with Gasteiger partial charge >= 0.3 is 0 Å². The second-order valence-corrected chi connectivity index (χ2v) is 12.2. The molecule has 2 heterocycles. The number of benzene rings is 1. The van der Waals surface area contributed by atoms with E-state index in [2.05, 4.69) is 10.3 Å². The normalized spacial score (nSPS) is 20.4. The Hall–Kier alpha value is -2.48. The summed E-state index contributed by atoms with van der Waals surface area (Å²) in [5.41, 5.74) is -0.344. The van der Waals surface area contributed by atoms with Crippen LogP contribution < -0.4 is 10.1 Å². The summed E-state index contributed by atoms with van der Waals surface area (Å²) >= 11 is 0. The number of hydrogen-bond acceptors (Lipinski definition) is 6. The van der Waals surface area contributed by atoms with Gasteiger partial charge in [0.05, 0.1) is 11.8 Å². The Morgan fingerprint density at radius 1 is 1.12 bits per heavy atom. The molecule has 1 aliphatic heterocycles. The van der Waals surface area contributed by atoms with Crippen molar-refractivity contribution in [2.24, 2.45) is 17.8 Å². The number of pyridine rings is 1. The summed E-state index contributed by atoms with van der Waals surface area (Å²) in [6.07, 6.45) is 15.8. The molecule has 2 aliphatic rings. The van der Waals surface area contributed by atoms with Crippen LogP contribution in [0, 0.1) is 17.8 Å². The second kappa shape index (κ2) is 16.2. The molecule has 1 aromatic heterocycles. The highest BCUT2D eigenvalue weighted by Crippen LogP contribution is 2.44. The van der Waals surface area contributed by atoms with Crippen molar-refractivity contribution in [3.63, 3.8) is 0 Å². The number of aliphatic hydroxyl groups is 1. The summed E-state index contributed by atoms with van der Waals surface area (Å²) in [6, 6.07) is 11.5. The number of nitrogens with one attached hydrogen (secondary N) is 1. The van der Waals surface area contributed by atoms with E-state index in [0.717, 1.165) is 56.7 Å². The first kappa shape index (κ1) is 31.5. The predicted molar refractivity (Wildman–Crippen MR) is 163 cm³/mol. The SMILES string of the molecule is CNC[C@@H](CC(=O)N1CCC[C@@H]([C@@](O)(CCCCOC)c2ccccc2Oc2cccnc2)C1)CC1CCCCC1. The molecule has 0 spiro atoms. The second-order valence-electron chi connectivity index (χ2n) is 12.2. The molecule has 226 valence electrons. The van der Waals surface area contributed by atoms with E-state index >= 15 is 0 Å². The average Bonchev–Trinajstić information content (AvgIpc) is 3.01. The molecule has 1 amide bonds. The lowest BCUT2D eigenvalue weighted by atomic mass is 9.73. The molecule has 3 atom stereocenters. The third-order valence-corrected chi connectivity index (χ3v) is 9.17. The molecule has 0 bridgehead atoms. The predicted octanol–water partition coefficient (Wildman–Crippen LogP) is 6.31. The number of amides is 1. The Labute approximate surface area is 247 Å². The maximum Gasteiger partial charge on any atom is 0.222 e. The standard InChI is InChI=1S/C34H51N3O4/c1-35-24-28(22-27-12-4-3-5-13-27)23-33(38)37-20-11-14-29(26-37)34(39,18-8-9-21-40-2)31-16-6-7-17-32(31)41-30-15-10-19-36-25-30/h6-7,10,15-17,19,25,27-29,35,39H,3-5,8-9,11-14,18,20-24,26H2,1-2H3/t28-,29-,34+/m1/s1. The van der Waals surface area contributed by atoms with E-state index in [-0.39, 0.29) is 11.8 Å². The van der Waals surface area contributed by atoms with Gasteiger partial charge in [-0.25, -0.2) is 0 Å². The number of aromatic nitrogens is 1. The number of ether oxygens (including phenoxy) is 2. The molecule has 7 nitrogen and oxygen atoms in total. The maximum atomic E-state index is 13.7. The average molecular weight is 566 g/mol. The molecule has 1 aromatic carbocycles. The minimum absolute atomic E-state index is 0.0810. The van der Waals surface area contributed by atoms with Gasteiger partial charge < -0.3 is 24.8 Å². The third kappa shape index (κ3) is 9.00. The quantitative estimate of drug-likeness (QED) is 0.246. The lowest BCUT2D eigenvalue weighted by Gasteiger charge is -2.43. The Morgan fingerprint density at radius 2 is 1.95 bits per heavy atom. The van der Waals surface area contributed by atoms with Crippen molar-refractivity contribution >= 4 is 5.91 Å². The number of rotatable bonds is 15. The monoisotopic (exact) mass is 565 g/mol. The first-order chi connectivity index (χ1) is 20.0. The summed E-state index contributed by atoms with van der Waals surface area (Å²) in [6.45, 7) is 2.87. The van der Waals surface area contributed by atoms with Gasteiger partial charge in [-0.15, -0.1) is 0 Å². The number of carbonyl (C=O) groups is 1. The third-order valence-electron chi connectivity index (χ3n) is 9.17. The summed E-state index contributed by atoms with van der Waals surface area (Å²) in [4.78, 5) is 19.9. The lowest BCUT2D eigenvalue weighted by Crippen LogP contribution is -2.48. The van der Waals surface area contributed by atoms with Gasteiger partial charge in [-0.05, 0) is 82.2 Å². The molecule has 1 saturated heterocycles. The van der Waals surface area contributed by atoms with Crippen LogP contribution in [-0.4, -0.2) is 61.3 Å². The van der Waals surface area contributed by atoms with E-state index < -0.39 is 5.60 Å². The number of methoxy groups -OCH3 is 1. The molecule has 2 N–H and O–H groups in total. The summed E-state index contributed by atoms with van der Waals surface area (Å²) in [5.74, 6) is 2.53. The van der Waals surface area contributed by atoms with Crippen molar-refractivity contribution in [3.05, 3.63) is 54.4 Å². The smallest absolute Gasteiger partial charge is 0.222 e. The molecule has 2 fully saturated rings. The Balaban J connectivity index is 1.51. The minimum atomic E-state index is -1.13. The first-order valence-electron chi connectivity index (χ1n) is 15.8. The molecule has 0 unspecified atom stereocenters. The number of piperidine rings is 1. The van der Waals surface area contributed by atoms with Gasteiger partial charge in [0.15, 0.2) is 0 Å². The molecule has 7 heteroatoms. The number of unbranched alkanes of at least 4 members (excludes halogenated alkanes) is 1. The van der Waals surface area contributed by atoms with Gasteiger partial charge in [-0.3, -0.25) is 9.78 Å².